The zero-order chi connectivity index (χ0) is 13.0. The predicted octanol–water partition coefficient (Wildman–Crippen LogP) is 3.40. The lowest BCUT2D eigenvalue weighted by Crippen LogP contribution is -2.07. The van der Waals surface area contributed by atoms with Crippen LogP contribution in [0, 0.1) is 0 Å². The fourth-order valence-corrected chi connectivity index (χ4v) is 3.71. The second-order valence-electron chi connectivity index (χ2n) is 3.99. The molecule has 0 aliphatic carbocycles. The van der Waals surface area contributed by atoms with Crippen molar-refractivity contribution in [1.29, 1.82) is 0 Å². The Balaban J connectivity index is 2.37. The highest BCUT2D eigenvalue weighted by Crippen LogP contribution is 2.21. The molecule has 0 aliphatic heterocycles. The van der Waals surface area contributed by atoms with Gasteiger partial charge in [0.1, 0.15) is 0 Å². The highest BCUT2D eigenvalue weighted by atomic mass is 35.5. The monoisotopic (exact) mass is 280 g/mol. The normalized spacial score (nSPS) is 11.4. The van der Waals surface area contributed by atoms with Crippen molar-refractivity contribution in [3.8, 4) is 0 Å². The van der Waals surface area contributed by atoms with Gasteiger partial charge in [0.15, 0.2) is 9.84 Å². The molecule has 2 nitrogen and oxygen atoms in total. The van der Waals surface area contributed by atoms with Gasteiger partial charge in [-0.05, 0) is 17.2 Å². The lowest BCUT2D eigenvalue weighted by Gasteiger charge is -2.08. The van der Waals surface area contributed by atoms with Crippen LogP contribution in [0.25, 0.3) is 0 Å². The zero-order valence-electron chi connectivity index (χ0n) is 9.71. The average Bonchev–Trinajstić information content (AvgIpc) is 2.39. The molecule has 94 valence electrons. The first-order chi connectivity index (χ1) is 8.63. The fraction of sp³-hybridized carbons (Fsp3) is 0.143. The molecule has 0 heterocycles. The number of benzene rings is 2. The summed E-state index contributed by atoms with van der Waals surface area (Å²) < 4.78 is 24.6. The van der Waals surface area contributed by atoms with Crippen molar-refractivity contribution >= 4 is 21.4 Å². The van der Waals surface area contributed by atoms with Crippen LogP contribution in [0.2, 0.25) is 0 Å². The van der Waals surface area contributed by atoms with E-state index < -0.39 is 9.84 Å². The minimum atomic E-state index is -3.34. The van der Waals surface area contributed by atoms with E-state index in [2.05, 4.69) is 0 Å². The molecule has 0 spiro atoms. The van der Waals surface area contributed by atoms with E-state index in [0.717, 1.165) is 5.56 Å². The molecule has 0 saturated heterocycles. The maximum absolute atomic E-state index is 12.3. The van der Waals surface area contributed by atoms with Crippen LogP contribution < -0.4 is 0 Å². The van der Waals surface area contributed by atoms with Crippen LogP contribution in [0.4, 0.5) is 0 Å². The summed E-state index contributed by atoms with van der Waals surface area (Å²) in [7, 11) is -3.34. The van der Waals surface area contributed by atoms with Crippen molar-refractivity contribution in [3.63, 3.8) is 0 Å². The van der Waals surface area contributed by atoms with E-state index in [-0.39, 0.29) is 11.6 Å². The van der Waals surface area contributed by atoms with Gasteiger partial charge in [0.2, 0.25) is 0 Å². The largest absolute Gasteiger partial charge is 0.223 e. The summed E-state index contributed by atoms with van der Waals surface area (Å²) >= 11 is 5.78. The Morgan fingerprint density at radius 1 is 0.889 bits per heavy atom. The lowest BCUT2D eigenvalue weighted by atomic mass is 10.2. The number of rotatable bonds is 4. The van der Waals surface area contributed by atoms with Crippen LogP contribution in [0.5, 0.6) is 0 Å². The molecule has 2 aromatic rings. The summed E-state index contributed by atoms with van der Waals surface area (Å²) in [6.07, 6.45) is 0. The smallest absolute Gasteiger partial charge is 0.182 e. The SMILES string of the molecule is O=S(=O)(Cc1ccccc1)c1ccccc1CCl. The molecule has 0 radical (unpaired) electrons. The fourth-order valence-electron chi connectivity index (χ4n) is 1.79. The highest BCUT2D eigenvalue weighted by molar-refractivity contribution is 7.90. The molecular weight excluding hydrogens is 268 g/mol. The van der Waals surface area contributed by atoms with Crippen LogP contribution in [0.3, 0.4) is 0 Å². The first kappa shape index (κ1) is 13.1. The zero-order valence-corrected chi connectivity index (χ0v) is 11.3. The molecule has 0 fully saturated rings. The van der Waals surface area contributed by atoms with E-state index in [4.69, 9.17) is 11.6 Å². The van der Waals surface area contributed by atoms with E-state index in [0.29, 0.717) is 10.5 Å². The third kappa shape index (κ3) is 2.92. The van der Waals surface area contributed by atoms with Gasteiger partial charge in [0, 0.05) is 5.88 Å². The first-order valence-electron chi connectivity index (χ1n) is 5.54. The third-order valence-electron chi connectivity index (χ3n) is 2.65. The molecular formula is C14H13ClO2S. The first-order valence-corrected chi connectivity index (χ1v) is 7.73. The molecule has 0 atom stereocenters. The molecule has 0 unspecified atom stereocenters. The topological polar surface area (TPSA) is 34.1 Å². The summed E-state index contributed by atoms with van der Waals surface area (Å²) in [5.41, 5.74) is 1.43. The summed E-state index contributed by atoms with van der Waals surface area (Å²) in [4.78, 5) is 0.323. The van der Waals surface area contributed by atoms with Crippen LogP contribution >= 0.6 is 11.6 Å². The van der Waals surface area contributed by atoms with Gasteiger partial charge >= 0.3 is 0 Å². The van der Waals surface area contributed by atoms with E-state index in [9.17, 15) is 8.42 Å². The summed E-state index contributed by atoms with van der Waals surface area (Å²) in [5.74, 6) is 0.200. The minimum absolute atomic E-state index is 0.00173. The average molecular weight is 281 g/mol. The Labute approximate surface area is 112 Å². The molecule has 0 N–H and O–H groups in total. The van der Waals surface area contributed by atoms with Crippen LogP contribution in [-0.4, -0.2) is 8.42 Å². The predicted molar refractivity (Wildman–Crippen MR) is 73.3 cm³/mol. The number of hydrogen-bond acceptors (Lipinski definition) is 2. The number of alkyl halides is 1. The maximum atomic E-state index is 12.3. The molecule has 0 amide bonds. The lowest BCUT2D eigenvalue weighted by molar-refractivity contribution is 0.594. The van der Waals surface area contributed by atoms with Gasteiger partial charge in [-0.25, -0.2) is 8.42 Å². The van der Waals surface area contributed by atoms with E-state index in [1.165, 1.54) is 0 Å². The molecule has 2 aromatic carbocycles. The number of sulfone groups is 1. The molecule has 2 rings (SSSR count). The molecule has 0 bridgehead atoms. The van der Waals surface area contributed by atoms with Crippen LogP contribution in [0.1, 0.15) is 11.1 Å². The van der Waals surface area contributed by atoms with E-state index in [1.54, 1.807) is 36.4 Å². The molecule has 4 heteroatoms. The Kier molecular flexibility index (Phi) is 4.04. The van der Waals surface area contributed by atoms with E-state index in [1.807, 2.05) is 18.2 Å². The van der Waals surface area contributed by atoms with Crippen molar-refractivity contribution < 1.29 is 8.42 Å². The third-order valence-corrected chi connectivity index (χ3v) is 4.72. The van der Waals surface area contributed by atoms with Gasteiger partial charge < -0.3 is 0 Å². The Morgan fingerprint density at radius 3 is 2.17 bits per heavy atom. The van der Waals surface area contributed by atoms with Crippen molar-refractivity contribution in [3.05, 3.63) is 65.7 Å². The van der Waals surface area contributed by atoms with Gasteiger partial charge in [0.25, 0.3) is 0 Å². The van der Waals surface area contributed by atoms with Crippen LogP contribution in [-0.2, 0) is 21.5 Å². The quantitative estimate of drug-likeness (QED) is 0.805. The van der Waals surface area contributed by atoms with Crippen LogP contribution in [0.15, 0.2) is 59.5 Å². The Morgan fingerprint density at radius 2 is 1.50 bits per heavy atom. The van der Waals surface area contributed by atoms with Crippen molar-refractivity contribution in [2.75, 3.05) is 0 Å². The Bertz CT molecular complexity index is 621. The highest BCUT2D eigenvalue weighted by Gasteiger charge is 2.18. The molecule has 0 aromatic heterocycles. The summed E-state index contributed by atoms with van der Waals surface area (Å²) in [6.45, 7) is 0. The molecule has 18 heavy (non-hydrogen) atoms. The van der Waals surface area contributed by atoms with Gasteiger partial charge in [-0.15, -0.1) is 11.6 Å². The van der Waals surface area contributed by atoms with Gasteiger partial charge in [-0.3, -0.25) is 0 Å². The Hall–Kier alpha value is -1.32. The summed E-state index contributed by atoms with van der Waals surface area (Å²) in [6, 6.07) is 16.0. The molecule has 0 saturated carbocycles. The van der Waals surface area contributed by atoms with Crippen molar-refractivity contribution in [2.24, 2.45) is 0 Å². The number of hydrogen-bond donors (Lipinski definition) is 0. The number of halogens is 1. The van der Waals surface area contributed by atoms with E-state index >= 15 is 0 Å². The maximum Gasteiger partial charge on any atom is 0.182 e. The van der Waals surface area contributed by atoms with Gasteiger partial charge in [-0.2, -0.15) is 0 Å². The van der Waals surface area contributed by atoms with Gasteiger partial charge in [0.05, 0.1) is 10.6 Å². The molecule has 0 aliphatic rings. The summed E-state index contributed by atoms with van der Waals surface area (Å²) in [5, 5.41) is 0. The second kappa shape index (κ2) is 5.55. The van der Waals surface area contributed by atoms with Crippen molar-refractivity contribution in [2.45, 2.75) is 16.5 Å². The second-order valence-corrected chi connectivity index (χ2v) is 6.21. The minimum Gasteiger partial charge on any atom is -0.223 e. The standard InChI is InChI=1S/C14H13ClO2S/c15-10-13-8-4-5-9-14(13)18(16,17)11-12-6-2-1-3-7-12/h1-9H,10-11H2. The van der Waals surface area contributed by atoms with Gasteiger partial charge in [-0.1, -0.05) is 48.5 Å². The van der Waals surface area contributed by atoms with Crippen molar-refractivity contribution in [1.82, 2.24) is 0 Å².